The van der Waals surface area contributed by atoms with Crippen LogP contribution in [0.5, 0.6) is 0 Å². The van der Waals surface area contributed by atoms with Crippen molar-refractivity contribution in [2.24, 2.45) is 4.99 Å². The van der Waals surface area contributed by atoms with Gasteiger partial charge in [0.25, 0.3) is 0 Å². The van der Waals surface area contributed by atoms with Gasteiger partial charge in [-0.3, -0.25) is 4.99 Å². The number of aryl methyl sites for hydroxylation is 1. The van der Waals surface area contributed by atoms with E-state index in [2.05, 4.69) is 56.7 Å². The molecule has 0 saturated carbocycles. The second kappa shape index (κ2) is 8.15. The number of aliphatic imine (C=N–C) groups is 1. The monoisotopic (exact) mass is 343 g/mol. The van der Waals surface area contributed by atoms with Crippen LogP contribution in [0, 0.1) is 6.92 Å². The van der Waals surface area contributed by atoms with E-state index in [1.54, 1.807) is 7.05 Å². The van der Waals surface area contributed by atoms with Gasteiger partial charge in [-0.1, -0.05) is 6.07 Å². The Bertz CT molecular complexity index is 671. The molecule has 1 aliphatic rings. The summed E-state index contributed by atoms with van der Waals surface area (Å²) in [7, 11) is 1.80. The van der Waals surface area contributed by atoms with Crippen molar-refractivity contribution in [2.75, 3.05) is 25.0 Å². The summed E-state index contributed by atoms with van der Waals surface area (Å²) < 4.78 is 0. The predicted octanol–water partition coefficient (Wildman–Crippen LogP) is 2.92. The summed E-state index contributed by atoms with van der Waals surface area (Å²) in [5, 5.41) is 6.69. The quantitative estimate of drug-likeness (QED) is 0.647. The normalized spacial score (nSPS) is 14.9. The van der Waals surface area contributed by atoms with E-state index in [9.17, 15) is 0 Å². The van der Waals surface area contributed by atoms with Crippen molar-refractivity contribution in [1.82, 2.24) is 15.6 Å². The molecular formula is C18H25N5S. The fourth-order valence-electron chi connectivity index (χ4n) is 2.81. The average Bonchev–Trinajstić information content (AvgIpc) is 3.27. The molecule has 3 rings (SSSR count). The third-order valence-corrected chi connectivity index (χ3v) is 5.15. The number of nitrogens with one attached hydrogen (secondary N) is 2. The maximum Gasteiger partial charge on any atom is 0.191 e. The Morgan fingerprint density at radius 3 is 2.58 bits per heavy atom. The van der Waals surface area contributed by atoms with Crippen molar-refractivity contribution in [3.05, 3.63) is 45.8 Å². The van der Waals surface area contributed by atoms with Crippen LogP contribution in [-0.2, 0) is 13.1 Å². The molecule has 0 aromatic carbocycles. The zero-order chi connectivity index (χ0) is 16.8. The fraction of sp³-hybridized carbons (Fsp3) is 0.444. The Morgan fingerprint density at radius 1 is 1.17 bits per heavy atom. The maximum absolute atomic E-state index is 4.59. The van der Waals surface area contributed by atoms with Crippen molar-refractivity contribution in [1.29, 1.82) is 0 Å². The minimum absolute atomic E-state index is 0.719. The third-order valence-electron chi connectivity index (χ3n) is 4.15. The Kier molecular flexibility index (Phi) is 5.69. The molecule has 24 heavy (non-hydrogen) atoms. The molecule has 3 heterocycles. The SMILES string of the molecule is CN=C(NCc1ccc(N2CCCC2)nc1)NCc1ccc(C)s1. The van der Waals surface area contributed by atoms with Crippen LogP contribution >= 0.6 is 11.3 Å². The predicted molar refractivity (Wildman–Crippen MR) is 102 cm³/mol. The molecule has 128 valence electrons. The molecule has 0 atom stereocenters. The van der Waals surface area contributed by atoms with Crippen LogP contribution in [0.3, 0.4) is 0 Å². The van der Waals surface area contributed by atoms with E-state index in [4.69, 9.17) is 0 Å². The summed E-state index contributed by atoms with van der Waals surface area (Å²) in [6.45, 7) is 5.90. The van der Waals surface area contributed by atoms with Gasteiger partial charge in [0.2, 0.25) is 0 Å². The topological polar surface area (TPSA) is 52.6 Å². The Hall–Kier alpha value is -2.08. The smallest absolute Gasteiger partial charge is 0.191 e. The van der Waals surface area contributed by atoms with Gasteiger partial charge in [0.15, 0.2) is 5.96 Å². The highest BCUT2D eigenvalue weighted by molar-refractivity contribution is 7.11. The highest BCUT2D eigenvalue weighted by Gasteiger charge is 2.12. The van der Waals surface area contributed by atoms with Crippen LogP contribution in [0.25, 0.3) is 0 Å². The molecule has 6 heteroatoms. The van der Waals surface area contributed by atoms with E-state index in [1.165, 1.54) is 22.6 Å². The van der Waals surface area contributed by atoms with Gasteiger partial charge in [0.1, 0.15) is 5.82 Å². The standard InChI is InChI=1S/C18H25N5S/c1-14-5-7-16(24-14)13-22-18(19-2)21-12-15-6-8-17(20-11-15)23-9-3-4-10-23/h5-8,11H,3-4,9-10,12-13H2,1-2H3,(H2,19,21,22). The Morgan fingerprint density at radius 2 is 1.96 bits per heavy atom. The van der Waals surface area contributed by atoms with E-state index in [0.717, 1.165) is 43.5 Å². The molecule has 1 aliphatic heterocycles. The number of thiophene rings is 1. The lowest BCUT2D eigenvalue weighted by molar-refractivity contribution is 0.811. The molecule has 0 radical (unpaired) electrons. The van der Waals surface area contributed by atoms with Gasteiger partial charge < -0.3 is 15.5 Å². The van der Waals surface area contributed by atoms with Crippen LogP contribution in [-0.4, -0.2) is 31.1 Å². The van der Waals surface area contributed by atoms with Gasteiger partial charge in [-0.25, -0.2) is 4.98 Å². The van der Waals surface area contributed by atoms with Gasteiger partial charge in [-0.05, 0) is 43.5 Å². The molecule has 1 fully saturated rings. The van der Waals surface area contributed by atoms with E-state index in [0.29, 0.717) is 0 Å². The van der Waals surface area contributed by atoms with Gasteiger partial charge in [0.05, 0.1) is 6.54 Å². The molecule has 0 spiro atoms. The van der Waals surface area contributed by atoms with Crippen molar-refractivity contribution < 1.29 is 0 Å². The highest BCUT2D eigenvalue weighted by Crippen LogP contribution is 2.17. The van der Waals surface area contributed by atoms with Crippen molar-refractivity contribution in [3.8, 4) is 0 Å². The number of aromatic nitrogens is 1. The largest absolute Gasteiger partial charge is 0.357 e. The summed E-state index contributed by atoms with van der Waals surface area (Å²) in [4.78, 5) is 13.9. The van der Waals surface area contributed by atoms with Crippen LogP contribution in [0.4, 0.5) is 5.82 Å². The number of rotatable bonds is 5. The molecule has 1 saturated heterocycles. The van der Waals surface area contributed by atoms with Gasteiger partial charge in [-0.2, -0.15) is 0 Å². The van der Waals surface area contributed by atoms with E-state index < -0.39 is 0 Å². The molecular weight excluding hydrogens is 318 g/mol. The van der Waals surface area contributed by atoms with Crippen LogP contribution in [0.1, 0.15) is 28.2 Å². The average molecular weight is 344 g/mol. The van der Waals surface area contributed by atoms with Crippen LogP contribution in [0.2, 0.25) is 0 Å². The number of hydrogen-bond acceptors (Lipinski definition) is 4. The first-order valence-electron chi connectivity index (χ1n) is 8.44. The minimum Gasteiger partial charge on any atom is -0.357 e. The van der Waals surface area contributed by atoms with Gasteiger partial charge >= 0.3 is 0 Å². The highest BCUT2D eigenvalue weighted by atomic mass is 32.1. The first-order chi connectivity index (χ1) is 11.7. The second-order valence-corrected chi connectivity index (χ2v) is 7.38. The van der Waals surface area contributed by atoms with Crippen LogP contribution in [0.15, 0.2) is 35.5 Å². The molecule has 0 aliphatic carbocycles. The lowest BCUT2D eigenvalue weighted by Crippen LogP contribution is -2.36. The first-order valence-corrected chi connectivity index (χ1v) is 9.26. The van der Waals surface area contributed by atoms with Gasteiger partial charge in [-0.15, -0.1) is 11.3 Å². The molecule has 2 aromatic heterocycles. The lowest BCUT2D eigenvalue weighted by atomic mass is 10.3. The maximum atomic E-state index is 4.59. The number of anilines is 1. The van der Waals surface area contributed by atoms with E-state index in [-0.39, 0.29) is 0 Å². The summed E-state index contributed by atoms with van der Waals surface area (Å²) in [5.74, 6) is 1.90. The molecule has 5 nitrogen and oxygen atoms in total. The lowest BCUT2D eigenvalue weighted by Gasteiger charge is -2.16. The summed E-state index contributed by atoms with van der Waals surface area (Å²) in [5.41, 5.74) is 1.16. The number of pyridine rings is 1. The van der Waals surface area contributed by atoms with Crippen molar-refractivity contribution in [2.45, 2.75) is 32.9 Å². The number of guanidine groups is 1. The summed E-state index contributed by atoms with van der Waals surface area (Å²) in [6, 6.07) is 8.56. The third kappa shape index (κ3) is 4.47. The number of nitrogens with zero attached hydrogens (tertiary/aromatic N) is 3. The van der Waals surface area contributed by atoms with Gasteiger partial charge in [0, 0.05) is 42.6 Å². The molecule has 2 aromatic rings. The van der Waals surface area contributed by atoms with E-state index >= 15 is 0 Å². The minimum atomic E-state index is 0.719. The summed E-state index contributed by atoms with van der Waals surface area (Å²) in [6.07, 6.45) is 4.50. The van der Waals surface area contributed by atoms with Crippen LogP contribution < -0.4 is 15.5 Å². The second-order valence-electron chi connectivity index (χ2n) is 6.01. The molecule has 0 bridgehead atoms. The first kappa shape index (κ1) is 16.8. The zero-order valence-corrected chi connectivity index (χ0v) is 15.2. The Balaban J connectivity index is 1.48. The molecule has 0 unspecified atom stereocenters. The fourth-order valence-corrected chi connectivity index (χ4v) is 3.64. The van der Waals surface area contributed by atoms with E-state index in [1.807, 2.05) is 17.5 Å². The molecule has 2 N–H and O–H groups in total. The number of hydrogen-bond donors (Lipinski definition) is 2. The van der Waals surface area contributed by atoms with Crippen molar-refractivity contribution in [3.63, 3.8) is 0 Å². The zero-order valence-electron chi connectivity index (χ0n) is 14.4. The summed E-state index contributed by atoms with van der Waals surface area (Å²) >= 11 is 1.81. The Labute approximate surface area is 147 Å². The van der Waals surface area contributed by atoms with Crippen molar-refractivity contribution >= 4 is 23.1 Å². The molecule has 0 amide bonds.